The summed E-state index contributed by atoms with van der Waals surface area (Å²) in [5, 5.41) is 0. The van der Waals surface area contributed by atoms with E-state index in [0.717, 1.165) is 43.2 Å². The minimum atomic E-state index is 0.0201. The lowest BCUT2D eigenvalue weighted by Crippen LogP contribution is -2.35. The van der Waals surface area contributed by atoms with Crippen molar-refractivity contribution in [2.45, 2.75) is 45.9 Å². The number of para-hydroxylation sites is 1. The summed E-state index contributed by atoms with van der Waals surface area (Å²) in [6.45, 7) is 7.45. The molecular weight excluding hydrogens is 328 g/mol. The lowest BCUT2D eigenvalue weighted by atomic mass is 10.2. The van der Waals surface area contributed by atoms with Crippen molar-refractivity contribution in [2.75, 3.05) is 20.2 Å². The van der Waals surface area contributed by atoms with E-state index < -0.39 is 0 Å². The van der Waals surface area contributed by atoms with E-state index in [1.54, 1.807) is 0 Å². The number of hydrogen-bond acceptors (Lipinski definition) is 4. The Labute approximate surface area is 155 Å². The van der Waals surface area contributed by atoms with Gasteiger partial charge in [0, 0.05) is 25.7 Å². The minimum Gasteiger partial charge on any atom is -0.484 e. The summed E-state index contributed by atoms with van der Waals surface area (Å²) in [5.41, 5.74) is 2.20. The number of rotatable bonds is 6. The lowest BCUT2D eigenvalue weighted by molar-refractivity contribution is -0.134. The minimum absolute atomic E-state index is 0.0201. The lowest BCUT2D eigenvalue weighted by Gasteiger charge is -2.23. The Bertz CT molecular complexity index is 727. The van der Waals surface area contributed by atoms with Crippen molar-refractivity contribution in [3.05, 3.63) is 48.0 Å². The van der Waals surface area contributed by atoms with Crippen LogP contribution in [-0.2, 0) is 24.4 Å². The Morgan fingerprint density at radius 1 is 1.27 bits per heavy atom. The molecule has 0 saturated carbocycles. The number of hydrogen-bond donors (Lipinski definition) is 0. The third-order valence-electron chi connectivity index (χ3n) is 4.94. The van der Waals surface area contributed by atoms with Crippen LogP contribution in [0.15, 0.2) is 36.7 Å². The molecule has 1 aromatic carbocycles. The maximum Gasteiger partial charge on any atom is 0.260 e. The molecule has 1 amide bonds. The van der Waals surface area contributed by atoms with Gasteiger partial charge >= 0.3 is 0 Å². The second kappa shape index (κ2) is 8.36. The summed E-state index contributed by atoms with van der Waals surface area (Å²) in [5.74, 6) is 0.742. The predicted molar refractivity (Wildman–Crippen MR) is 101 cm³/mol. The summed E-state index contributed by atoms with van der Waals surface area (Å²) < 4.78 is 7.82. The van der Waals surface area contributed by atoms with Gasteiger partial charge in [0.1, 0.15) is 5.75 Å². The van der Waals surface area contributed by atoms with E-state index in [0.29, 0.717) is 12.6 Å². The number of imidazole rings is 1. The van der Waals surface area contributed by atoms with Crippen LogP contribution in [0.4, 0.5) is 0 Å². The zero-order chi connectivity index (χ0) is 18.5. The molecule has 6 heteroatoms. The van der Waals surface area contributed by atoms with Crippen LogP contribution >= 0.6 is 0 Å². The van der Waals surface area contributed by atoms with Crippen molar-refractivity contribution < 1.29 is 9.53 Å². The molecule has 26 heavy (non-hydrogen) atoms. The van der Waals surface area contributed by atoms with Crippen molar-refractivity contribution in [1.82, 2.24) is 19.4 Å². The van der Waals surface area contributed by atoms with Crippen molar-refractivity contribution in [2.24, 2.45) is 0 Å². The highest BCUT2D eigenvalue weighted by atomic mass is 16.5. The van der Waals surface area contributed by atoms with Gasteiger partial charge in [-0.15, -0.1) is 0 Å². The van der Waals surface area contributed by atoms with Crippen LogP contribution in [0.2, 0.25) is 0 Å². The average molecular weight is 356 g/mol. The molecule has 140 valence electrons. The van der Waals surface area contributed by atoms with Crippen LogP contribution < -0.4 is 4.74 Å². The number of aromatic nitrogens is 2. The van der Waals surface area contributed by atoms with Gasteiger partial charge in [-0.2, -0.15) is 0 Å². The summed E-state index contributed by atoms with van der Waals surface area (Å²) in [7, 11) is 2.10. The molecule has 0 aliphatic carbocycles. The van der Waals surface area contributed by atoms with Gasteiger partial charge in [0.25, 0.3) is 5.91 Å². The fourth-order valence-electron chi connectivity index (χ4n) is 3.03. The molecule has 1 aliphatic heterocycles. The molecule has 0 unspecified atom stereocenters. The van der Waals surface area contributed by atoms with Gasteiger partial charge in [-0.05, 0) is 39.4 Å². The maximum atomic E-state index is 12.7. The van der Waals surface area contributed by atoms with E-state index >= 15 is 0 Å². The highest BCUT2D eigenvalue weighted by Crippen LogP contribution is 2.18. The quantitative estimate of drug-likeness (QED) is 0.798. The zero-order valence-electron chi connectivity index (χ0n) is 15.9. The molecule has 2 aromatic rings. The Morgan fingerprint density at radius 3 is 2.77 bits per heavy atom. The fourth-order valence-corrected chi connectivity index (χ4v) is 3.03. The van der Waals surface area contributed by atoms with E-state index in [9.17, 15) is 4.79 Å². The number of ether oxygens (including phenoxy) is 1. The van der Waals surface area contributed by atoms with Gasteiger partial charge in [-0.3, -0.25) is 9.69 Å². The number of aryl methyl sites for hydroxylation is 1. The molecule has 1 aromatic heterocycles. The molecule has 0 N–H and O–H groups in total. The number of carbonyl (C=O) groups excluding carboxylic acids is 1. The van der Waals surface area contributed by atoms with Gasteiger partial charge in [-0.1, -0.05) is 18.2 Å². The van der Waals surface area contributed by atoms with Crippen LogP contribution in [0.25, 0.3) is 0 Å². The standard InChI is InChI=1S/C20H28N4O2/c1-16(2)22(3)12-18-19-13-23(10-7-11-24(19)15-21-18)20(25)14-26-17-8-5-4-6-9-17/h4-6,8-9,15-16H,7,10-14H2,1-3H3. The Kier molecular flexibility index (Phi) is 5.93. The third kappa shape index (κ3) is 4.43. The van der Waals surface area contributed by atoms with Crippen molar-refractivity contribution >= 4 is 5.91 Å². The monoisotopic (exact) mass is 356 g/mol. The average Bonchev–Trinajstić information content (AvgIpc) is 2.88. The van der Waals surface area contributed by atoms with Gasteiger partial charge < -0.3 is 14.2 Å². The van der Waals surface area contributed by atoms with Crippen LogP contribution in [0.3, 0.4) is 0 Å². The van der Waals surface area contributed by atoms with Crippen molar-refractivity contribution in [1.29, 1.82) is 0 Å². The van der Waals surface area contributed by atoms with Crippen LogP contribution in [0, 0.1) is 0 Å². The molecule has 1 aliphatic rings. The number of nitrogens with zero attached hydrogens (tertiary/aromatic N) is 4. The number of amides is 1. The second-order valence-corrected chi connectivity index (χ2v) is 7.11. The predicted octanol–water partition coefficient (Wildman–Crippen LogP) is 2.53. The number of benzene rings is 1. The van der Waals surface area contributed by atoms with Crippen LogP contribution in [-0.4, -0.2) is 51.5 Å². The fraction of sp³-hybridized carbons (Fsp3) is 0.500. The van der Waals surface area contributed by atoms with E-state index in [1.165, 1.54) is 0 Å². The van der Waals surface area contributed by atoms with E-state index in [4.69, 9.17) is 4.74 Å². The molecule has 0 atom stereocenters. The van der Waals surface area contributed by atoms with Crippen molar-refractivity contribution in [3.8, 4) is 5.75 Å². The van der Waals surface area contributed by atoms with Crippen LogP contribution in [0.5, 0.6) is 5.75 Å². The van der Waals surface area contributed by atoms with E-state index in [-0.39, 0.29) is 12.5 Å². The second-order valence-electron chi connectivity index (χ2n) is 7.11. The normalized spacial score (nSPS) is 14.4. The summed E-state index contributed by atoms with van der Waals surface area (Å²) in [6.07, 6.45) is 2.84. The Balaban J connectivity index is 1.66. The number of fused-ring (bicyclic) bond motifs is 1. The molecule has 0 spiro atoms. The molecule has 2 heterocycles. The highest BCUT2D eigenvalue weighted by molar-refractivity contribution is 5.77. The zero-order valence-corrected chi connectivity index (χ0v) is 15.9. The summed E-state index contributed by atoms with van der Waals surface area (Å²) >= 11 is 0. The van der Waals surface area contributed by atoms with E-state index in [2.05, 4.69) is 35.3 Å². The van der Waals surface area contributed by atoms with Gasteiger partial charge in [0.2, 0.25) is 0 Å². The first-order valence-corrected chi connectivity index (χ1v) is 9.23. The Morgan fingerprint density at radius 2 is 2.04 bits per heavy atom. The molecule has 3 rings (SSSR count). The summed E-state index contributed by atoms with van der Waals surface area (Å²) in [6, 6.07) is 9.93. The molecule has 0 saturated heterocycles. The third-order valence-corrected chi connectivity index (χ3v) is 4.94. The maximum absolute atomic E-state index is 12.7. The highest BCUT2D eigenvalue weighted by Gasteiger charge is 2.23. The smallest absolute Gasteiger partial charge is 0.260 e. The molecule has 0 radical (unpaired) electrons. The summed E-state index contributed by atoms with van der Waals surface area (Å²) in [4.78, 5) is 21.4. The van der Waals surface area contributed by atoms with Crippen LogP contribution in [0.1, 0.15) is 31.7 Å². The molecule has 0 fully saturated rings. The van der Waals surface area contributed by atoms with Gasteiger partial charge in [0.05, 0.1) is 24.3 Å². The largest absolute Gasteiger partial charge is 0.484 e. The van der Waals surface area contributed by atoms with Gasteiger partial charge in [0.15, 0.2) is 6.61 Å². The first-order valence-electron chi connectivity index (χ1n) is 9.23. The topological polar surface area (TPSA) is 50.6 Å². The molecular formula is C20H28N4O2. The van der Waals surface area contributed by atoms with Crippen molar-refractivity contribution in [3.63, 3.8) is 0 Å². The van der Waals surface area contributed by atoms with Gasteiger partial charge in [-0.25, -0.2) is 4.98 Å². The first-order chi connectivity index (χ1) is 12.5. The number of carbonyl (C=O) groups is 1. The molecule has 0 bridgehead atoms. The Hall–Kier alpha value is -2.34. The SMILES string of the molecule is CC(C)N(C)Cc1ncn2c1CN(C(=O)COc1ccccc1)CCC2. The first kappa shape index (κ1) is 18.5. The molecule has 6 nitrogen and oxygen atoms in total. The van der Waals surface area contributed by atoms with E-state index in [1.807, 2.05) is 41.6 Å².